The molecule has 2 amide bonds. The van der Waals surface area contributed by atoms with Gasteiger partial charge in [-0.25, -0.2) is 9.37 Å². The van der Waals surface area contributed by atoms with Crippen molar-refractivity contribution in [1.82, 2.24) is 14.8 Å². The fourth-order valence-corrected chi connectivity index (χ4v) is 4.31. The first-order valence-corrected chi connectivity index (χ1v) is 10.3. The van der Waals surface area contributed by atoms with Gasteiger partial charge < -0.3 is 11.1 Å². The number of benzene rings is 1. The third-order valence-electron chi connectivity index (χ3n) is 4.50. The number of carbonyl (C=O) groups excluding carboxylic acids is 2. The van der Waals surface area contributed by atoms with E-state index in [1.807, 2.05) is 0 Å². The number of carbonyl (C=O) groups is 2. The van der Waals surface area contributed by atoms with Crippen LogP contribution in [-0.2, 0) is 17.5 Å². The number of aromatic nitrogens is 3. The van der Waals surface area contributed by atoms with Gasteiger partial charge in [0, 0.05) is 11.6 Å². The van der Waals surface area contributed by atoms with Gasteiger partial charge in [0.1, 0.15) is 27.8 Å². The molecule has 0 saturated heterocycles. The zero-order valence-electron chi connectivity index (χ0n) is 16.3. The van der Waals surface area contributed by atoms with Crippen LogP contribution in [0.4, 0.5) is 23.2 Å². The van der Waals surface area contributed by atoms with E-state index in [1.54, 1.807) is 0 Å². The minimum Gasteiger partial charge on any atom is -0.365 e. The largest absolute Gasteiger partial charge is 0.433 e. The lowest BCUT2D eigenvalue weighted by molar-refractivity contribution is -0.140. The van der Waals surface area contributed by atoms with Crippen molar-refractivity contribution in [3.05, 3.63) is 64.1 Å². The van der Waals surface area contributed by atoms with Crippen molar-refractivity contribution in [3.63, 3.8) is 0 Å². The SMILES string of the molecule is NC(=O)c1sc2nc(C(F)(F)F)cc(-c3ccc(F)cc3)c2c1NC(=O)Cn1cc(Cl)cn1. The maximum absolute atomic E-state index is 13.5. The number of primary amides is 1. The molecular formula is C20H12ClF4N5O2S. The second-order valence-corrected chi connectivity index (χ2v) is 8.25. The van der Waals surface area contributed by atoms with Crippen LogP contribution in [0.25, 0.3) is 21.3 Å². The molecule has 0 bridgehead atoms. The molecule has 0 radical (unpaired) electrons. The van der Waals surface area contributed by atoms with E-state index in [4.69, 9.17) is 17.3 Å². The predicted molar refractivity (Wildman–Crippen MR) is 114 cm³/mol. The van der Waals surface area contributed by atoms with Crippen LogP contribution in [0.15, 0.2) is 42.7 Å². The van der Waals surface area contributed by atoms with Crippen molar-refractivity contribution in [2.75, 3.05) is 5.32 Å². The van der Waals surface area contributed by atoms with Crippen molar-refractivity contribution in [3.8, 4) is 11.1 Å². The standard InChI is InChI=1S/C20H12ClF4N5O2S/c21-10-6-27-30(7-10)8-14(31)29-16-15-12(9-1-3-11(22)4-2-9)5-13(20(23,24)25)28-19(15)33-17(16)18(26)32/h1-7H,8H2,(H2,26,32)(H,29,31). The Kier molecular flexibility index (Phi) is 5.80. The molecule has 0 unspecified atom stereocenters. The summed E-state index contributed by atoms with van der Waals surface area (Å²) in [7, 11) is 0. The van der Waals surface area contributed by atoms with E-state index in [0.717, 1.165) is 18.2 Å². The first kappa shape index (κ1) is 22.7. The summed E-state index contributed by atoms with van der Waals surface area (Å²) in [5.41, 5.74) is 4.34. The molecule has 3 aromatic heterocycles. The van der Waals surface area contributed by atoms with Gasteiger partial charge in [-0.2, -0.15) is 18.3 Å². The summed E-state index contributed by atoms with van der Waals surface area (Å²) in [6.45, 7) is -0.289. The van der Waals surface area contributed by atoms with E-state index in [1.165, 1.54) is 29.2 Å². The van der Waals surface area contributed by atoms with Crippen molar-refractivity contribution in [2.45, 2.75) is 12.7 Å². The topological polar surface area (TPSA) is 103 Å². The molecule has 0 aliphatic heterocycles. The molecule has 4 rings (SSSR count). The summed E-state index contributed by atoms with van der Waals surface area (Å²) in [6.07, 6.45) is -2.08. The average Bonchev–Trinajstić information content (AvgIpc) is 3.30. The molecule has 170 valence electrons. The molecule has 3 N–H and O–H groups in total. The first-order valence-electron chi connectivity index (χ1n) is 9.11. The first-order chi connectivity index (χ1) is 15.5. The summed E-state index contributed by atoms with van der Waals surface area (Å²) < 4.78 is 55.2. The number of alkyl halides is 3. The summed E-state index contributed by atoms with van der Waals surface area (Å²) in [4.78, 5) is 27.9. The van der Waals surface area contributed by atoms with Gasteiger partial charge in [0.15, 0.2) is 0 Å². The Morgan fingerprint density at radius 2 is 1.91 bits per heavy atom. The third kappa shape index (κ3) is 4.66. The van der Waals surface area contributed by atoms with Crippen LogP contribution in [0.1, 0.15) is 15.4 Å². The monoisotopic (exact) mass is 497 g/mol. The maximum Gasteiger partial charge on any atom is 0.433 e. The number of rotatable bonds is 5. The van der Waals surface area contributed by atoms with E-state index in [0.29, 0.717) is 16.4 Å². The number of nitrogens with one attached hydrogen (secondary N) is 1. The van der Waals surface area contributed by atoms with Crippen LogP contribution in [0.5, 0.6) is 0 Å². The lowest BCUT2D eigenvalue weighted by Gasteiger charge is -2.12. The molecule has 0 aliphatic carbocycles. The highest BCUT2D eigenvalue weighted by Crippen LogP contribution is 2.43. The Hall–Kier alpha value is -3.51. The third-order valence-corrected chi connectivity index (χ3v) is 5.80. The molecular weight excluding hydrogens is 486 g/mol. The van der Waals surface area contributed by atoms with E-state index < -0.39 is 29.5 Å². The number of hydrogen-bond donors (Lipinski definition) is 2. The number of nitrogens with two attached hydrogens (primary N) is 1. The minimum atomic E-state index is -4.79. The summed E-state index contributed by atoms with van der Waals surface area (Å²) in [6, 6.07) is 5.49. The average molecular weight is 498 g/mol. The second-order valence-electron chi connectivity index (χ2n) is 6.81. The van der Waals surface area contributed by atoms with E-state index >= 15 is 0 Å². The van der Waals surface area contributed by atoms with Crippen LogP contribution in [-0.4, -0.2) is 26.6 Å². The highest BCUT2D eigenvalue weighted by atomic mass is 35.5. The van der Waals surface area contributed by atoms with Crippen LogP contribution in [0.2, 0.25) is 5.02 Å². The second kappa shape index (κ2) is 8.45. The number of fused-ring (bicyclic) bond motifs is 1. The van der Waals surface area contributed by atoms with Gasteiger partial charge >= 0.3 is 6.18 Å². The molecule has 0 spiro atoms. The lowest BCUT2D eigenvalue weighted by atomic mass is 10.0. The molecule has 13 heteroatoms. The Morgan fingerprint density at radius 1 is 1.21 bits per heavy atom. The zero-order valence-corrected chi connectivity index (χ0v) is 17.9. The van der Waals surface area contributed by atoms with Gasteiger partial charge in [-0.3, -0.25) is 14.3 Å². The molecule has 0 fully saturated rings. The zero-order chi connectivity index (χ0) is 23.9. The Bertz CT molecular complexity index is 1380. The molecule has 7 nitrogen and oxygen atoms in total. The number of thiophene rings is 1. The van der Waals surface area contributed by atoms with Gasteiger partial charge in [-0.05, 0) is 29.3 Å². The molecule has 0 atom stereocenters. The Morgan fingerprint density at radius 3 is 2.48 bits per heavy atom. The smallest absolute Gasteiger partial charge is 0.365 e. The predicted octanol–water partition coefficient (Wildman–Crippen LogP) is 4.71. The van der Waals surface area contributed by atoms with Crippen molar-refractivity contribution in [1.29, 1.82) is 0 Å². The Balaban J connectivity index is 1.90. The number of amides is 2. The molecule has 4 aromatic rings. The molecule has 33 heavy (non-hydrogen) atoms. The summed E-state index contributed by atoms with van der Waals surface area (Å²) in [5, 5.41) is 6.77. The van der Waals surface area contributed by atoms with Crippen molar-refractivity contribution in [2.24, 2.45) is 5.73 Å². The number of pyridine rings is 1. The van der Waals surface area contributed by atoms with E-state index in [9.17, 15) is 27.2 Å². The molecule has 3 heterocycles. The summed E-state index contributed by atoms with van der Waals surface area (Å²) in [5.74, 6) is -2.19. The molecule has 0 saturated carbocycles. The fourth-order valence-electron chi connectivity index (χ4n) is 3.14. The maximum atomic E-state index is 13.5. The van der Waals surface area contributed by atoms with Gasteiger partial charge in [0.05, 0.1) is 16.9 Å². The van der Waals surface area contributed by atoms with E-state index in [-0.39, 0.29) is 38.5 Å². The normalized spacial score (nSPS) is 11.7. The minimum absolute atomic E-state index is 0.00601. The van der Waals surface area contributed by atoms with Crippen LogP contribution >= 0.6 is 22.9 Å². The van der Waals surface area contributed by atoms with Crippen LogP contribution in [0.3, 0.4) is 0 Å². The van der Waals surface area contributed by atoms with Gasteiger partial charge in [0.25, 0.3) is 5.91 Å². The molecule has 1 aromatic carbocycles. The number of halogens is 5. The fraction of sp³-hybridized carbons (Fsp3) is 0.100. The van der Waals surface area contributed by atoms with Crippen LogP contribution < -0.4 is 11.1 Å². The van der Waals surface area contributed by atoms with E-state index in [2.05, 4.69) is 15.4 Å². The highest BCUT2D eigenvalue weighted by molar-refractivity contribution is 7.21. The van der Waals surface area contributed by atoms with Gasteiger partial charge in [0.2, 0.25) is 5.91 Å². The quantitative estimate of drug-likeness (QED) is 0.390. The molecule has 0 aliphatic rings. The number of hydrogen-bond acceptors (Lipinski definition) is 5. The number of anilines is 1. The van der Waals surface area contributed by atoms with Gasteiger partial charge in [-0.15, -0.1) is 11.3 Å². The van der Waals surface area contributed by atoms with Crippen molar-refractivity contribution >= 4 is 50.7 Å². The summed E-state index contributed by atoms with van der Waals surface area (Å²) >= 11 is 6.39. The van der Waals surface area contributed by atoms with Gasteiger partial charge in [-0.1, -0.05) is 23.7 Å². The van der Waals surface area contributed by atoms with Crippen LogP contribution in [0, 0.1) is 5.82 Å². The lowest BCUT2D eigenvalue weighted by Crippen LogP contribution is -2.21. The number of nitrogens with zero attached hydrogens (tertiary/aromatic N) is 3. The Labute approximate surface area is 191 Å². The van der Waals surface area contributed by atoms with Crippen molar-refractivity contribution < 1.29 is 27.2 Å². The highest BCUT2D eigenvalue weighted by Gasteiger charge is 2.35.